The first kappa shape index (κ1) is 45.1. The Labute approximate surface area is 392 Å². The van der Waals surface area contributed by atoms with Gasteiger partial charge in [0.05, 0.1) is 0 Å². The third-order valence-corrected chi connectivity index (χ3v) is 17.1. The molecule has 0 saturated carbocycles. The SMILES string of the molecule is [Au+].[Au+].[C-]#Cc1cc2ccccc2c2ccccc12.[C-]#Cc1cc2ccccc2c2ccccc12.c1ccc([PH+](C[PH+](c2ccccc2)c2ccccn2)c2ccccn2)cc1. The van der Waals surface area contributed by atoms with Crippen LogP contribution in [0.15, 0.2) is 219 Å². The average molecular weight is 1180 g/mol. The summed E-state index contributed by atoms with van der Waals surface area (Å²) in [7, 11) is -2.00. The summed E-state index contributed by atoms with van der Waals surface area (Å²) < 4.78 is 0. The van der Waals surface area contributed by atoms with Crippen LogP contribution in [-0.4, -0.2) is 15.9 Å². The van der Waals surface area contributed by atoms with E-state index in [1.807, 2.05) is 97.3 Å². The van der Waals surface area contributed by atoms with Crippen molar-refractivity contribution in [2.24, 2.45) is 0 Å². The van der Waals surface area contributed by atoms with Crippen LogP contribution < -0.4 is 21.5 Å². The molecule has 0 bridgehead atoms. The van der Waals surface area contributed by atoms with Crippen LogP contribution in [0.4, 0.5) is 0 Å². The molecule has 2 aromatic heterocycles. The Morgan fingerprint density at radius 3 is 1.05 bits per heavy atom. The summed E-state index contributed by atoms with van der Waals surface area (Å²) >= 11 is 0. The zero-order valence-electron chi connectivity index (χ0n) is 33.0. The molecule has 300 valence electrons. The fourth-order valence-electron chi connectivity index (χ4n) is 7.53. The number of hydrogen-bond donors (Lipinski definition) is 0. The standard InChI is InChI=1S/C23H20N2P2.2C16H9.2Au/c1-3-11-20(12-4-1)26(22-15-7-9-17-24-22)19-27(21-13-5-2-6-14-21)23-16-8-10-18-25-23;2*1-2-12-11-13-7-3-4-9-15(13)16-10-6-5-8-14(12)16;;/h1-18H,19H2;2*3-11H;;/q;2*-1;2*+1/p+2. The van der Waals surface area contributed by atoms with Crippen LogP contribution in [0.3, 0.4) is 0 Å². The predicted octanol–water partition coefficient (Wildman–Crippen LogP) is 11.3. The predicted molar refractivity (Wildman–Crippen MR) is 257 cm³/mol. The molecule has 0 N–H and O–H groups in total. The van der Waals surface area contributed by atoms with Gasteiger partial charge >= 0.3 is 44.8 Å². The van der Waals surface area contributed by atoms with Gasteiger partial charge in [0, 0.05) is 24.5 Å². The summed E-state index contributed by atoms with van der Waals surface area (Å²) in [6, 6.07) is 71.2. The van der Waals surface area contributed by atoms with E-state index in [0.717, 1.165) is 38.6 Å². The van der Waals surface area contributed by atoms with Crippen molar-refractivity contribution in [2.75, 3.05) is 5.90 Å². The van der Waals surface area contributed by atoms with Gasteiger partial charge in [0.1, 0.15) is 26.5 Å². The number of fused-ring (bicyclic) bond motifs is 6. The van der Waals surface area contributed by atoms with Crippen molar-refractivity contribution < 1.29 is 44.8 Å². The Morgan fingerprint density at radius 2 is 0.689 bits per heavy atom. The number of rotatable bonds is 6. The molecule has 8 aromatic carbocycles. The monoisotopic (exact) mass is 1180 g/mol. The van der Waals surface area contributed by atoms with E-state index in [1.165, 1.54) is 43.0 Å². The third kappa shape index (κ3) is 10.7. The second kappa shape index (κ2) is 22.4. The molecule has 0 amide bonds. The zero-order chi connectivity index (χ0) is 40.2. The van der Waals surface area contributed by atoms with Gasteiger partial charge in [0.2, 0.25) is 0 Å². The summed E-state index contributed by atoms with van der Waals surface area (Å²) in [5, 5.41) is 12.2. The number of nitrogens with zero attached hydrogens (tertiary/aromatic N) is 2. The van der Waals surface area contributed by atoms with E-state index in [0.29, 0.717) is 0 Å². The fourth-order valence-corrected chi connectivity index (χ4v) is 14.9. The molecule has 0 spiro atoms. The molecule has 0 aliphatic rings. The van der Waals surface area contributed by atoms with E-state index in [1.54, 1.807) is 0 Å². The third-order valence-electron chi connectivity index (χ3n) is 10.4. The number of pyridine rings is 2. The van der Waals surface area contributed by atoms with Gasteiger partial charge < -0.3 is 12.8 Å². The first-order valence-corrected chi connectivity index (χ1v) is 22.9. The first-order valence-electron chi connectivity index (χ1n) is 19.5. The van der Waals surface area contributed by atoms with Gasteiger partial charge in [-0.15, -0.1) is 23.3 Å². The second-order valence-corrected chi connectivity index (χ2v) is 19.4. The van der Waals surface area contributed by atoms with E-state index in [-0.39, 0.29) is 44.8 Å². The van der Waals surface area contributed by atoms with Gasteiger partial charge in [0.25, 0.3) is 0 Å². The van der Waals surface area contributed by atoms with Crippen LogP contribution in [-0.2, 0) is 44.8 Å². The van der Waals surface area contributed by atoms with E-state index in [2.05, 4.69) is 133 Å². The minimum Gasteiger partial charge on any atom is -0.366 e. The normalized spacial score (nSPS) is 11.2. The van der Waals surface area contributed by atoms with Gasteiger partial charge in [-0.05, 0) is 68.7 Å². The maximum Gasteiger partial charge on any atom is 1.00 e. The van der Waals surface area contributed by atoms with Crippen molar-refractivity contribution in [3.8, 4) is 11.8 Å². The number of hydrogen-bond acceptors (Lipinski definition) is 2. The molecular weight excluding hydrogens is 1140 g/mol. The molecule has 61 heavy (non-hydrogen) atoms. The summed E-state index contributed by atoms with van der Waals surface area (Å²) in [5.41, 5.74) is 4.16. The molecule has 0 saturated heterocycles. The van der Waals surface area contributed by atoms with Crippen molar-refractivity contribution >= 4 is 80.4 Å². The zero-order valence-corrected chi connectivity index (χ0v) is 39.3. The van der Waals surface area contributed by atoms with Crippen LogP contribution in [0, 0.1) is 24.7 Å². The Balaban J connectivity index is 0.000000159. The van der Waals surface area contributed by atoms with Gasteiger partial charge in [-0.25, -0.2) is 9.97 Å². The van der Waals surface area contributed by atoms with Crippen molar-refractivity contribution in [3.63, 3.8) is 0 Å². The second-order valence-electron chi connectivity index (χ2n) is 13.9. The summed E-state index contributed by atoms with van der Waals surface area (Å²) in [6.45, 7) is 0. The van der Waals surface area contributed by atoms with Crippen molar-refractivity contribution in [2.45, 2.75) is 0 Å². The quantitative estimate of drug-likeness (QED) is 0.0545. The fraction of sp³-hybridized carbons (Fsp3) is 0.0182. The maximum atomic E-state index is 7.35. The van der Waals surface area contributed by atoms with Gasteiger partial charge in [0.15, 0.2) is 16.8 Å². The van der Waals surface area contributed by atoms with Crippen LogP contribution in [0.1, 0.15) is 11.1 Å². The largest absolute Gasteiger partial charge is 1.00 e. The van der Waals surface area contributed by atoms with E-state index < -0.39 is 15.8 Å². The molecule has 2 unspecified atom stereocenters. The topological polar surface area (TPSA) is 25.8 Å². The van der Waals surface area contributed by atoms with E-state index in [9.17, 15) is 0 Å². The van der Waals surface area contributed by atoms with Crippen LogP contribution in [0.25, 0.3) is 43.1 Å². The molecule has 0 radical (unpaired) electrons. The van der Waals surface area contributed by atoms with Gasteiger partial charge in [-0.1, -0.05) is 156 Å². The van der Waals surface area contributed by atoms with Crippen LogP contribution in [0.2, 0.25) is 0 Å². The molecule has 2 atom stereocenters. The van der Waals surface area contributed by atoms with Crippen molar-refractivity contribution in [1.29, 1.82) is 0 Å². The smallest absolute Gasteiger partial charge is 0.366 e. The molecule has 0 fully saturated rings. The molecule has 2 heterocycles. The molecule has 2 nitrogen and oxygen atoms in total. The minimum absolute atomic E-state index is 0. The molecular formula is C55H40Au2N2P2+2. The van der Waals surface area contributed by atoms with E-state index >= 15 is 0 Å². The molecule has 0 aliphatic carbocycles. The number of benzene rings is 8. The summed E-state index contributed by atoms with van der Waals surface area (Å²) in [4.78, 5) is 9.47. The Hall–Kier alpha value is -5.44. The Morgan fingerprint density at radius 1 is 0.361 bits per heavy atom. The Kier molecular flexibility index (Phi) is 16.6. The summed E-state index contributed by atoms with van der Waals surface area (Å²) in [5.74, 6) is 6.15. The van der Waals surface area contributed by atoms with Crippen molar-refractivity contribution in [1.82, 2.24) is 9.97 Å². The van der Waals surface area contributed by atoms with E-state index in [4.69, 9.17) is 22.8 Å². The Bertz CT molecular complexity index is 2770. The molecule has 10 aromatic rings. The number of aromatic nitrogens is 2. The van der Waals surface area contributed by atoms with Gasteiger partial charge in [-0.3, -0.25) is 11.8 Å². The van der Waals surface area contributed by atoms with Crippen LogP contribution in [0.5, 0.6) is 0 Å². The van der Waals surface area contributed by atoms with Crippen molar-refractivity contribution in [3.05, 3.63) is 243 Å². The summed E-state index contributed by atoms with van der Waals surface area (Å²) in [6.07, 6.45) is 18.5. The van der Waals surface area contributed by atoms with Crippen LogP contribution >= 0.6 is 15.8 Å². The molecule has 6 heteroatoms. The average Bonchev–Trinajstić information content (AvgIpc) is 3.33. The van der Waals surface area contributed by atoms with Gasteiger partial charge in [-0.2, -0.15) is 0 Å². The first-order chi connectivity index (χ1) is 29.2. The maximum absolute atomic E-state index is 7.35. The molecule has 10 rings (SSSR count). The minimum atomic E-state index is -0.999. The molecule has 0 aliphatic heterocycles.